The molecule has 1 rings (SSSR count). The molecule has 0 aliphatic rings. The first kappa shape index (κ1) is 16.8. The van der Waals surface area contributed by atoms with Crippen molar-refractivity contribution in [2.24, 2.45) is 5.92 Å². The number of carbonyl (C=O) groups is 1. The molecule has 0 spiro atoms. The van der Waals surface area contributed by atoms with Crippen LogP contribution in [0.3, 0.4) is 0 Å². The summed E-state index contributed by atoms with van der Waals surface area (Å²) in [7, 11) is 0. The topological polar surface area (TPSA) is 62.2 Å². The molecule has 0 bridgehead atoms. The molecular formula is C13H18F2N2O2S. The summed E-state index contributed by atoms with van der Waals surface area (Å²) in [6.45, 7) is 4.04. The third kappa shape index (κ3) is 5.42. The van der Waals surface area contributed by atoms with E-state index >= 15 is 0 Å². The number of aromatic nitrogens is 1. The van der Waals surface area contributed by atoms with Gasteiger partial charge < -0.3 is 10.4 Å². The number of nitrogens with one attached hydrogen (secondary N) is 1. The van der Waals surface area contributed by atoms with Gasteiger partial charge in [-0.15, -0.1) is 0 Å². The van der Waals surface area contributed by atoms with E-state index in [0.29, 0.717) is 6.42 Å². The Morgan fingerprint density at radius 1 is 1.50 bits per heavy atom. The Bertz CT molecular complexity index is 444. The van der Waals surface area contributed by atoms with Crippen molar-refractivity contribution in [3.05, 3.63) is 23.9 Å². The van der Waals surface area contributed by atoms with Gasteiger partial charge in [-0.3, -0.25) is 4.79 Å². The first-order valence-corrected chi connectivity index (χ1v) is 7.16. The molecule has 0 saturated heterocycles. The largest absolute Gasteiger partial charge is 0.393 e. The maximum absolute atomic E-state index is 12.4. The van der Waals surface area contributed by atoms with Crippen LogP contribution in [-0.2, 0) is 0 Å². The van der Waals surface area contributed by atoms with Crippen molar-refractivity contribution in [3.63, 3.8) is 0 Å². The van der Waals surface area contributed by atoms with Crippen LogP contribution in [0, 0.1) is 5.92 Å². The van der Waals surface area contributed by atoms with E-state index in [4.69, 9.17) is 0 Å². The van der Waals surface area contributed by atoms with Crippen LogP contribution in [0.5, 0.6) is 0 Å². The predicted octanol–water partition coefficient (Wildman–Crippen LogP) is 2.53. The van der Waals surface area contributed by atoms with Gasteiger partial charge in [0.2, 0.25) is 0 Å². The fraction of sp³-hybridized carbons (Fsp3) is 0.538. The highest BCUT2D eigenvalue weighted by atomic mass is 32.2. The zero-order chi connectivity index (χ0) is 15.1. The monoisotopic (exact) mass is 304 g/mol. The maximum atomic E-state index is 12.4. The summed E-state index contributed by atoms with van der Waals surface area (Å²) in [5.74, 6) is -2.98. The molecule has 1 heterocycles. The number of halogens is 2. The second-order valence-electron chi connectivity index (χ2n) is 4.59. The lowest BCUT2D eigenvalue weighted by molar-refractivity contribution is 0.0917. The molecule has 0 saturated carbocycles. The molecule has 0 aliphatic heterocycles. The number of thioether (sulfide) groups is 1. The normalized spacial score (nSPS) is 12.8. The van der Waals surface area contributed by atoms with Crippen molar-refractivity contribution in [3.8, 4) is 0 Å². The number of alkyl halides is 2. The standard InChI is InChI=1S/C13H18F2N2O2S/c1-8(2)10(18)5-7-16-11(19)9-4-3-6-17-12(9)20-13(14)15/h3-4,6,8,10,13,18H,5,7H2,1-2H3,(H,16,19). The van der Waals surface area contributed by atoms with Crippen molar-refractivity contribution < 1.29 is 18.7 Å². The molecule has 112 valence electrons. The highest BCUT2D eigenvalue weighted by molar-refractivity contribution is 7.99. The number of hydrogen-bond acceptors (Lipinski definition) is 4. The number of rotatable bonds is 7. The van der Waals surface area contributed by atoms with E-state index in [2.05, 4.69) is 10.3 Å². The first-order chi connectivity index (χ1) is 9.41. The molecule has 0 aromatic carbocycles. The maximum Gasteiger partial charge on any atom is 0.290 e. The average Bonchev–Trinajstić information content (AvgIpc) is 2.38. The third-order valence-corrected chi connectivity index (χ3v) is 3.44. The quantitative estimate of drug-likeness (QED) is 0.760. The Balaban J connectivity index is 2.59. The molecule has 0 radical (unpaired) electrons. The minimum Gasteiger partial charge on any atom is -0.393 e. The Morgan fingerprint density at radius 2 is 2.20 bits per heavy atom. The predicted molar refractivity (Wildman–Crippen MR) is 73.9 cm³/mol. The smallest absolute Gasteiger partial charge is 0.290 e. The number of aliphatic hydroxyl groups is 1. The third-order valence-electron chi connectivity index (χ3n) is 2.71. The van der Waals surface area contributed by atoms with Gasteiger partial charge in [0.25, 0.3) is 11.7 Å². The highest BCUT2D eigenvalue weighted by Crippen LogP contribution is 2.26. The molecule has 0 fully saturated rings. The van der Waals surface area contributed by atoms with Gasteiger partial charge >= 0.3 is 0 Å². The summed E-state index contributed by atoms with van der Waals surface area (Å²) in [5.41, 5.74) is 0.122. The average molecular weight is 304 g/mol. The Kier molecular flexibility index (Phi) is 6.87. The van der Waals surface area contributed by atoms with Crippen LogP contribution >= 0.6 is 11.8 Å². The number of nitrogens with zero attached hydrogens (tertiary/aromatic N) is 1. The molecule has 1 atom stereocenters. The molecule has 1 aromatic rings. The number of aliphatic hydroxyl groups excluding tert-OH is 1. The van der Waals surface area contributed by atoms with Crippen LogP contribution in [0.25, 0.3) is 0 Å². The van der Waals surface area contributed by atoms with Crippen LogP contribution in [-0.4, -0.2) is 34.4 Å². The fourth-order valence-electron chi connectivity index (χ4n) is 1.50. The van der Waals surface area contributed by atoms with E-state index in [-0.39, 0.29) is 34.8 Å². The van der Waals surface area contributed by atoms with Crippen molar-refractivity contribution >= 4 is 17.7 Å². The van der Waals surface area contributed by atoms with Gasteiger partial charge in [-0.1, -0.05) is 13.8 Å². The van der Waals surface area contributed by atoms with Gasteiger partial charge in [0.15, 0.2) is 0 Å². The summed E-state index contributed by atoms with van der Waals surface area (Å²) in [6, 6.07) is 2.97. The van der Waals surface area contributed by atoms with E-state index in [1.54, 1.807) is 0 Å². The van der Waals surface area contributed by atoms with Gasteiger partial charge in [-0.2, -0.15) is 8.78 Å². The van der Waals surface area contributed by atoms with Gasteiger partial charge in [0, 0.05) is 12.7 Å². The Morgan fingerprint density at radius 3 is 2.80 bits per heavy atom. The minimum absolute atomic E-state index is 0.00408. The van der Waals surface area contributed by atoms with Crippen LogP contribution in [0.1, 0.15) is 30.6 Å². The summed E-state index contributed by atoms with van der Waals surface area (Å²) < 4.78 is 24.7. The van der Waals surface area contributed by atoms with Gasteiger partial charge in [-0.25, -0.2) is 4.98 Å². The van der Waals surface area contributed by atoms with Gasteiger partial charge in [0.1, 0.15) is 5.03 Å². The fourth-order valence-corrected chi connectivity index (χ4v) is 2.08. The van der Waals surface area contributed by atoms with Crippen molar-refractivity contribution in [2.45, 2.75) is 37.2 Å². The minimum atomic E-state index is -2.63. The lowest BCUT2D eigenvalue weighted by Gasteiger charge is -2.14. The van der Waals surface area contributed by atoms with Crippen LogP contribution < -0.4 is 5.32 Å². The summed E-state index contributed by atoms with van der Waals surface area (Å²) in [6.07, 6.45) is 1.28. The van der Waals surface area contributed by atoms with Gasteiger partial charge in [-0.05, 0) is 36.2 Å². The van der Waals surface area contributed by atoms with E-state index in [0.717, 1.165) is 0 Å². The van der Waals surface area contributed by atoms with Gasteiger partial charge in [0.05, 0.1) is 11.7 Å². The lowest BCUT2D eigenvalue weighted by Crippen LogP contribution is -2.29. The number of pyridine rings is 1. The first-order valence-electron chi connectivity index (χ1n) is 6.28. The van der Waals surface area contributed by atoms with E-state index in [9.17, 15) is 18.7 Å². The molecule has 1 aromatic heterocycles. The van der Waals surface area contributed by atoms with E-state index in [1.807, 2.05) is 13.8 Å². The second-order valence-corrected chi connectivity index (χ2v) is 5.57. The second kappa shape index (κ2) is 8.16. The molecule has 20 heavy (non-hydrogen) atoms. The zero-order valence-corrected chi connectivity index (χ0v) is 12.2. The van der Waals surface area contributed by atoms with Crippen molar-refractivity contribution in [2.75, 3.05) is 6.54 Å². The van der Waals surface area contributed by atoms with Crippen molar-refractivity contribution in [1.29, 1.82) is 0 Å². The molecule has 7 heteroatoms. The van der Waals surface area contributed by atoms with Crippen molar-refractivity contribution in [1.82, 2.24) is 10.3 Å². The SMILES string of the molecule is CC(C)C(O)CCNC(=O)c1cccnc1SC(F)F. The van der Waals surface area contributed by atoms with E-state index in [1.165, 1.54) is 18.3 Å². The lowest BCUT2D eigenvalue weighted by atomic mass is 10.0. The molecule has 4 nitrogen and oxygen atoms in total. The van der Waals surface area contributed by atoms with Crippen LogP contribution in [0.15, 0.2) is 23.4 Å². The van der Waals surface area contributed by atoms with Crippen LogP contribution in [0.2, 0.25) is 0 Å². The number of amides is 1. The summed E-state index contributed by atoms with van der Waals surface area (Å²) >= 11 is 0.243. The molecule has 0 aliphatic carbocycles. The van der Waals surface area contributed by atoms with E-state index < -0.39 is 17.8 Å². The molecule has 1 amide bonds. The zero-order valence-electron chi connectivity index (χ0n) is 11.3. The molecule has 1 unspecified atom stereocenters. The number of carbonyl (C=O) groups excluding carboxylic acids is 1. The Hall–Kier alpha value is -1.21. The number of hydrogen-bond donors (Lipinski definition) is 2. The summed E-state index contributed by atoms with van der Waals surface area (Å²) in [4.78, 5) is 15.7. The highest BCUT2D eigenvalue weighted by Gasteiger charge is 2.17. The summed E-state index contributed by atoms with van der Waals surface area (Å²) in [5, 5.41) is 12.2. The molecular weight excluding hydrogens is 286 g/mol. The molecule has 2 N–H and O–H groups in total. The Labute approximate surface area is 121 Å². The van der Waals surface area contributed by atoms with Crippen LogP contribution in [0.4, 0.5) is 8.78 Å².